The number of para-hydroxylation sites is 2. The smallest absolute Gasteiger partial charge is 0.221 e. The monoisotopic (exact) mass is 349 g/mol. The number of benzene rings is 2. The van der Waals surface area contributed by atoms with Gasteiger partial charge in [0.15, 0.2) is 0 Å². The average molecular weight is 349 g/mol. The molecular formula is C22H27N3O. The summed E-state index contributed by atoms with van der Waals surface area (Å²) < 4.78 is 2.07. The summed E-state index contributed by atoms with van der Waals surface area (Å²) in [6.07, 6.45) is 2.71. The predicted molar refractivity (Wildman–Crippen MR) is 106 cm³/mol. The summed E-state index contributed by atoms with van der Waals surface area (Å²) in [4.78, 5) is 17.5. The lowest BCUT2D eigenvalue weighted by Crippen LogP contribution is -2.32. The molecule has 1 amide bonds. The summed E-state index contributed by atoms with van der Waals surface area (Å²) in [5.74, 6) is 1.32. The predicted octanol–water partition coefficient (Wildman–Crippen LogP) is 4.61. The van der Waals surface area contributed by atoms with Gasteiger partial charge in [0.1, 0.15) is 11.9 Å². The highest BCUT2D eigenvalue weighted by molar-refractivity contribution is 5.78. The van der Waals surface area contributed by atoms with Crippen molar-refractivity contribution in [3.8, 4) is 0 Å². The maximum atomic E-state index is 12.7. The lowest BCUT2D eigenvalue weighted by atomic mass is 10.0. The molecule has 136 valence electrons. The van der Waals surface area contributed by atoms with Crippen LogP contribution in [0.25, 0.3) is 11.0 Å². The van der Waals surface area contributed by atoms with Crippen LogP contribution in [0.2, 0.25) is 0 Å². The number of carbonyl (C=O) groups is 1. The average Bonchev–Trinajstić information content (AvgIpc) is 2.97. The standard InChI is InChI=1S/C22H27N3O/c1-4-10-16(2)15-20(26)24-21(17-11-6-5-7-12-17)22-23-18-13-8-9-14-19(18)25(22)3/h5-9,11-14,16,21H,4,10,15H2,1-3H3,(H,24,26). The Bertz CT molecular complexity index is 869. The molecule has 2 unspecified atom stereocenters. The van der Waals surface area contributed by atoms with Gasteiger partial charge in [-0.3, -0.25) is 4.79 Å². The zero-order valence-corrected chi connectivity index (χ0v) is 15.8. The number of nitrogens with one attached hydrogen (secondary N) is 1. The zero-order valence-electron chi connectivity index (χ0n) is 15.8. The molecule has 4 heteroatoms. The molecule has 0 aliphatic rings. The van der Waals surface area contributed by atoms with Crippen LogP contribution >= 0.6 is 0 Å². The van der Waals surface area contributed by atoms with Crippen LogP contribution in [0, 0.1) is 5.92 Å². The second kappa shape index (κ2) is 8.17. The molecule has 0 saturated carbocycles. The summed E-state index contributed by atoms with van der Waals surface area (Å²) >= 11 is 0. The van der Waals surface area contributed by atoms with E-state index in [1.165, 1.54) is 0 Å². The van der Waals surface area contributed by atoms with Gasteiger partial charge in [-0.1, -0.05) is 69.2 Å². The molecule has 0 radical (unpaired) electrons. The zero-order chi connectivity index (χ0) is 18.5. The molecule has 0 spiro atoms. The lowest BCUT2D eigenvalue weighted by Gasteiger charge is -2.20. The van der Waals surface area contributed by atoms with Crippen LogP contribution in [0.15, 0.2) is 54.6 Å². The fourth-order valence-electron chi connectivity index (χ4n) is 3.50. The van der Waals surface area contributed by atoms with E-state index in [0.717, 1.165) is 35.3 Å². The number of hydrogen-bond donors (Lipinski definition) is 1. The van der Waals surface area contributed by atoms with Gasteiger partial charge >= 0.3 is 0 Å². The molecule has 3 rings (SSSR count). The quantitative estimate of drug-likeness (QED) is 0.677. The molecule has 26 heavy (non-hydrogen) atoms. The van der Waals surface area contributed by atoms with E-state index < -0.39 is 0 Å². The summed E-state index contributed by atoms with van der Waals surface area (Å²) in [6, 6.07) is 17.9. The highest BCUT2D eigenvalue weighted by Gasteiger charge is 2.23. The molecule has 0 fully saturated rings. The molecule has 2 aromatic carbocycles. The van der Waals surface area contributed by atoms with E-state index in [9.17, 15) is 4.79 Å². The fraction of sp³-hybridized carbons (Fsp3) is 0.364. The first kappa shape index (κ1) is 18.2. The number of nitrogens with zero attached hydrogens (tertiary/aromatic N) is 2. The van der Waals surface area contributed by atoms with E-state index >= 15 is 0 Å². The van der Waals surface area contributed by atoms with Crippen molar-refractivity contribution in [2.24, 2.45) is 13.0 Å². The van der Waals surface area contributed by atoms with Crippen LogP contribution in [0.1, 0.15) is 50.5 Å². The molecule has 3 aromatic rings. The van der Waals surface area contributed by atoms with Crippen molar-refractivity contribution in [3.63, 3.8) is 0 Å². The Morgan fingerprint density at radius 3 is 2.50 bits per heavy atom. The summed E-state index contributed by atoms with van der Waals surface area (Å²) in [5, 5.41) is 3.22. The Hall–Kier alpha value is -2.62. The van der Waals surface area contributed by atoms with Crippen molar-refractivity contribution < 1.29 is 4.79 Å². The van der Waals surface area contributed by atoms with E-state index in [1.807, 2.05) is 55.6 Å². The Morgan fingerprint density at radius 2 is 1.81 bits per heavy atom. The highest BCUT2D eigenvalue weighted by Crippen LogP contribution is 2.25. The summed E-state index contributed by atoms with van der Waals surface area (Å²) in [7, 11) is 2.01. The van der Waals surface area contributed by atoms with Crippen LogP contribution in [0.5, 0.6) is 0 Å². The van der Waals surface area contributed by atoms with Crippen molar-refractivity contribution in [1.82, 2.24) is 14.9 Å². The van der Waals surface area contributed by atoms with Gasteiger partial charge in [-0.15, -0.1) is 0 Å². The molecule has 1 N–H and O–H groups in total. The number of aromatic nitrogens is 2. The van der Waals surface area contributed by atoms with Gasteiger partial charge in [0, 0.05) is 13.5 Å². The van der Waals surface area contributed by atoms with E-state index in [1.54, 1.807) is 0 Å². The van der Waals surface area contributed by atoms with Crippen molar-refractivity contribution >= 4 is 16.9 Å². The summed E-state index contributed by atoms with van der Waals surface area (Å²) in [5.41, 5.74) is 3.05. The molecule has 1 heterocycles. The fourth-order valence-corrected chi connectivity index (χ4v) is 3.50. The largest absolute Gasteiger partial charge is 0.342 e. The first-order chi connectivity index (χ1) is 12.6. The molecule has 2 atom stereocenters. The van der Waals surface area contributed by atoms with Gasteiger partial charge in [0.05, 0.1) is 11.0 Å². The van der Waals surface area contributed by atoms with E-state index in [0.29, 0.717) is 12.3 Å². The number of imidazole rings is 1. The number of fused-ring (bicyclic) bond motifs is 1. The normalized spacial score (nSPS) is 13.5. The van der Waals surface area contributed by atoms with Crippen molar-refractivity contribution in [2.45, 2.75) is 39.2 Å². The number of rotatable bonds is 7. The number of aryl methyl sites for hydroxylation is 1. The number of hydrogen-bond acceptors (Lipinski definition) is 2. The first-order valence-electron chi connectivity index (χ1n) is 9.35. The molecule has 0 aliphatic carbocycles. The molecule has 0 bridgehead atoms. The third-order valence-corrected chi connectivity index (χ3v) is 4.83. The molecule has 0 saturated heterocycles. The third-order valence-electron chi connectivity index (χ3n) is 4.83. The Kier molecular flexibility index (Phi) is 5.71. The van der Waals surface area contributed by atoms with E-state index in [2.05, 4.69) is 29.8 Å². The van der Waals surface area contributed by atoms with Gasteiger partial charge in [-0.05, 0) is 23.6 Å². The van der Waals surface area contributed by atoms with Crippen molar-refractivity contribution in [2.75, 3.05) is 0 Å². The minimum atomic E-state index is -0.255. The van der Waals surface area contributed by atoms with Gasteiger partial charge < -0.3 is 9.88 Å². The van der Waals surface area contributed by atoms with Crippen molar-refractivity contribution in [3.05, 3.63) is 66.0 Å². The van der Waals surface area contributed by atoms with Gasteiger partial charge in [-0.25, -0.2) is 4.98 Å². The van der Waals surface area contributed by atoms with Crippen LogP contribution in [0.4, 0.5) is 0 Å². The van der Waals surface area contributed by atoms with Crippen LogP contribution in [0.3, 0.4) is 0 Å². The minimum Gasteiger partial charge on any atom is -0.342 e. The van der Waals surface area contributed by atoms with Crippen LogP contribution in [-0.4, -0.2) is 15.5 Å². The van der Waals surface area contributed by atoms with Gasteiger partial charge in [0.25, 0.3) is 0 Å². The Morgan fingerprint density at radius 1 is 1.12 bits per heavy atom. The van der Waals surface area contributed by atoms with Gasteiger partial charge in [0.2, 0.25) is 5.91 Å². The SMILES string of the molecule is CCCC(C)CC(=O)NC(c1ccccc1)c1nc2ccccc2n1C. The number of amides is 1. The molecule has 1 aromatic heterocycles. The maximum Gasteiger partial charge on any atom is 0.221 e. The Labute approximate surface area is 155 Å². The van der Waals surface area contributed by atoms with Crippen LogP contribution < -0.4 is 5.32 Å². The summed E-state index contributed by atoms with van der Waals surface area (Å²) in [6.45, 7) is 4.29. The van der Waals surface area contributed by atoms with E-state index in [-0.39, 0.29) is 11.9 Å². The highest BCUT2D eigenvalue weighted by atomic mass is 16.1. The number of carbonyl (C=O) groups excluding carboxylic acids is 1. The molecule has 0 aliphatic heterocycles. The molecular weight excluding hydrogens is 322 g/mol. The third kappa shape index (κ3) is 3.96. The first-order valence-corrected chi connectivity index (χ1v) is 9.35. The second-order valence-corrected chi connectivity index (χ2v) is 7.03. The lowest BCUT2D eigenvalue weighted by molar-refractivity contribution is -0.122. The second-order valence-electron chi connectivity index (χ2n) is 7.03. The minimum absolute atomic E-state index is 0.0758. The van der Waals surface area contributed by atoms with Crippen LogP contribution in [-0.2, 0) is 11.8 Å². The maximum absolute atomic E-state index is 12.7. The molecule has 4 nitrogen and oxygen atoms in total. The van der Waals surface area contributed by atoms with Crippen molar-refractivity contribution in [1.29, 1.82) is 0 Å². The topological polar surface area (TPSA) is 46.9 Å². The Balaban J connectivity index is 1.93. The van der Waals surface area contributed by atoms with Gasteiger partial charge in [-0.2, -0.15) is 0 Å². The van der Waals surface area contributed by atoms with E-state index in [4.69, 9.17) is 4.98 Å².